The zero-order valence-corrected chi connectivity index (χ0v) is 17.3. The summed E-state index contributed by atoms with van der Waals surface area (Å²) in [6, 6.07) is 13.3. The molecule has 0 heterocycles. The molecular formula is C24H31FN2O. The van der Waals surface area contributed by atoms with Gasteiger partial charge in [-0.05, 0) is 53.5 Å². The highest BCUT2D eigenvalue weighted by Crippen LogP contribution is 2.33. The first-order chi connectivity index (χ1) is 13.3. The van der Waals surface area contributed by atoms with Gasteiger partial charge in [-0.1, -0.05) is 58.0 Å². The monoisotopic (exact) mass is 382 g/mol. The van der Waals surface area contributed by atoms with Crippen molar-refractivity contribution in [3.63, 3.8) is 0 Å². The molecule has 28 heavy (non-hydrogen) atoms. The summed E-state index contributed by atoms with van der Waals surface area (Å²) in [6.45, 7) is 9.63. The van der Waals surface area contributed by atoms with E-state index in [0.717, 1.165) is 24.1 Å². The lowest BCUT2D eigenvalue weighted by Gasteiger charge is -2.24. The molecule has 1 aliphatic rings. The number of hydrogen-bond acceptors (Lipinski definition) is 2. The second kappa shape index (κ2) is 8.87. The van der Waals surface area contributed by atoms with Crippen molar-refractivity contribution in [3.05, 3.63) is 65.0 Å². The Morgan fingerprint density at radius 1 is 1.04 bits per heavy atom. The molecule has 0 radical (unpaired) electrons. The van der Waals surface area contributed by atoms with Gasteiger partial charge in [0.2, 0.25) is 5.91 Å². The highest BCUT2D eigenvalue weighted by Gasteiger charge is 2.30. The Morgan fingerprint density at radius 2 is 1.61 bits per heavy atom. The molecule has 3 rings (SSSR count). The number of carbonyl (C=O) groups excluding carboxylic acids is 1. The van der Waals surface area contributed by atoms with Gasteiger partial charge in [0.15, 0.2) is 0 Å². The summed E-state index contributed by atoms with van der Waals surface area (Å²) in [6.07, 6.45) is 2.24. The smallest absolute Gasteiger partial charge is 0.238 e. The Kier molecular flexibility index (Phi) is 6.50. The molecule has 0 atom stereocenters. The van der Waals surface area contributed by atoms with Gasteiger partial charge in [0, 0.05) is 18.3 Å². The van der Waals surface area contributed by atoms with Crippen molar-refractivity contribution < 1.29 is 9.18 Å². The van der Waals surface area contributed by atoms with Crippen LogP contribution >= 0.6 is 0 Å². The number of anilines is 1. The summed E-state index contributed by atoms with van der Waals surface area (Å²) in [5.74, 6) is 0.468. The number of halogens is 1. The molecule has 0 spiro atoms. The molecule has 1 saturated carbocycles. The summed E-state index contributed by atoms with van der Waals surface area (Å²) in [5.41, 5.74) is 4.36. The largest absolute Gasteiger partial charge is 0.324 e. The van der Waals surface area contributed by atoms with Gasteiger partial charge in [0.1, 0.15) is 5.82 Å². The van der Waals surface area contributed by atoms with Gasteiger partial charge in [0.25, 0.3) is 0 Å². The van der Waals surface area contributed by atoms with E-state index in [4.69, 9.17) is 0 Å². The Bertz CT molecular complexity index is 784. The fourth-order valence-corrected chi connectivity index (χ4v) is 3.64. The predicted octanol–water partition coefficient (Wildman–Crippen LogP) is 5.68. The lowest BCUT2D eigenvalue weighted by molar-refractivity contribution is -0.117. The Morgan fingerprint density at radius 3 is 2.11 bits per heavy atom. The molecule has 2 aromatic carbocycles. The van der Waals surface area contributed by atoms with Crippen LogP contribution in [0.4, 0.5) is 10.1 Å². The maximum Gasteiger partial charge on any atom is 0.238 e. The molecule has 1 fully saturated rings. The van der Waals surface area contributed by atoms with Gasteiger partial charge in [0.05, 0.1) is 6.54 Å². The van der Waals surface area contributed by atoms with Gasteiger partial charge >= 0.3 is 0 Å². The minimum absolute atomic E-state index is 0.0176. The van der Waals surface area contributed by atoms with Crippen LogP contribution in [0, 0.1) is 5.82 Å². The number of hydrogen-bond donors (Lipinski definition) is 1. The fourth-order valence-electron chi connectivity index (χ4n) is 3.64. The van der Waals surface area contributed by atoms with Gasteiger partial charge in [-0.3, -0.25) is 9.69 Å². The zero-order valence-electron chi connectivity index (χ0n) is 17.3. The summed E-state index contributed by atoms with van der Waals surface area (Å²) in [7, 11) is 0. The van der Waals surface area contributed by atoms with Gasteiger partial charge in [-0.2, -0.15) is 0 Å². The highest BCUT2D eigenvalue weighted by molar-refractivity contribution is 5.94. The highest BCUT2D eigenvalue weighted by atomic mass is 19.1. The third kappa shape index (κ3) is 5.20. The number of rotatable bonds is 8. The molecule has 0 unspecified atom stereocenters. The zero-order chi connectivity index (χ0) is 20.3. The van der Waals surface area contributed by atoms with Gasteiger partial charge in [-0.25, -0.2) is 4.39 Å². The molecule has 0 aliphatic heterocycles. The minimum Gasteiger partial charge on any atom is -0.324 e. The predicted molar refractivity (Wildman–Crippen MR) is 113 cm³/mol. The standard InChI is InChI=1S/C24H31FN2O/c1-16(2)21-6-5-7-22(17(3)4)24(21)26-23(28)15-27(20-12-13-20)14-18-8-10-19(25)11-9-18/h5-11,16-17,20H,12-15H2,1-4H3,(H,26,28). The number of benzene rings is 2. The average molecular weight is 383 g/mol. The summed E-state index contributed by atoms with van der Waals surface area (Å²) < 4.78 is 13.2. The van der Waals surface area contributed by atoms with Crippen molar-refractivity contribution >= 4 is 11.6 Å². The van der Waals surface area contributed by atoms with E-state index in [2.05, 4.69) is 56.1 Å². The van der Waals surface area contributed by atoms with Crippen LogP contribution in [0.1, 0.15) is 69.1 Å². The van der Waals surface area contributed by atoms with E-state index in [-0.39, 0.29) is 11.7 Å². The molecule has 1 aliphatic carbocycles. The molecule has 1 amide bonds. The van der Waals surface area contributed by atoms with E-state index >= 15 is 0 Å². The molecule has 0 aromatic heterocycles. The molecule has 4 heteroatoms. The SMILES string of the molecule is CC(C)c1cccc(C(C)C)c1NC(=O)CN(Cc1ccc(F)cc1)C1CC1. The van der Waals surface area contributed by atoms with Crippen LogP contribution in [0.2, 0.25) is 0 Å². The molecule has 1 N–H and O–H groups in total. The minimum atomic E-state index is -0.231. The van der Waals surface area contributed by atoms with Crippen LogP contribution in [-0.4, -0.2) is 23.4 Å². The van der Waals surface area contributed by atoms with Crippen molar-refractivity contribution in [2.24, 2.45) is 0 Å². The topological polar surface area (TPSA) is 32.3 Å². The number of nitrogens with one attached hydrogen (secondary N) is 1. The van der Waals surface area contributed by atoms with Crippen LogP contribution in [0.25, 0.3) is 0 Å². The van der Waals surface area contributed by atoms with Crippen molar-refractivity contribution in [3.8, 4) is 0 Å². The molecular weight excluding hydrogens is 351 g/mol. The second-order valence-corrected chi connectivity index (χ2v) is 8.43. The lowest BCUT2D eigenvalue weighted by Crippen LogP contribution is -2.35. The normalized spacial score (nSPS) is 14.1. The van der Waals surface area contributed by atoms with E-state index in [1.54, 1.807) is 12.1 Å². The van der Waals surface area contributed by atoms with E-state index in [1.165, 1.54) is 23.3 Å². The Labute approximate surface area is 167 Å². The van der Waals surface area contributed by atoms with Crippen molar-refractivity contribution in [1.82, 2.24) is 4.90 Å². The summed E-state index contributed by atoms with van der Waals surface area (Å²) in [5, 5.41) is 3.21. The number of para-hydroxylation sites is 1. The van der Waals surface area contributed by atoms with E-state index in [1.807, 2.05) is 0 Å². The summed E-state index contributed by atoms with van der Waals surface area (Å²) in [4.78, 5) is 15.1. The molecule has 0 bridgehead atoms. The first-order valence-electron chi connectivity index (χ1n) is 10.3. The van der Waals surface area contributed by atoms with E-state index in [0.29, 0.717) is 31.0 Å². The fraction of sp³-hybridized carbons (Fsp3) is 0.458. The number of carbonyl (C=O) groups is 1. The van der Waals surface area contributed by atoms with Gasteiger partial charge in [-0.15, -0.1) is 0 Å². The van der Waals surface area contributed by atoms with Crippen molar-refractivity contribution in [2.75, 3.05) is 11.9 Å². The van der Waals surface area contributed by atoms with Crippen LogP contribution in [0.15, 0.2) is 42.5 Å². The first kappa shape index (κ1) is 20.5. The Hall–Kier alpha value is -2.20. The summed E-state index contributed by atoms with van der Waals surface area (Å²) >= 11 is 0. The van der Waals surface area contributed by atoms with Crippen LogP contribution in [-0.2, 0) is 11.3 Å². The van der Waals surface area contributed by atoms with Crippen molar-refractivity contribution in [1.29, 1.82) is 0 Å². The van der Waals surface area contributed by atoms with Crippen LogP contribution in [0.3, 0.4) is 0 Å². The molecule has 150 valence electrons. The third-order valence-electron chi connectivity index (χ3n) is 5.35. The number of nitrogens with zero attached hydrogens (tertiary/aromatic N) is 1. The maximum atomic E-state index is 13.2. The third-order valence-corrected chi connectivity index (χ3v) is 5.35. The number of amides is 1. The molecule has 3 nitrogen and oxygen atoms in total. The van der Waals surface area contributed by atoms with E-state index in [9.17, 15) is 9.18 Å². The average Bonchev–Trinajstić information content (AvgIpc) is 3.48. The van der Waals surface area contributed by atoms with Crippen molar-refractivity contribution in [2.45, 2.75) is 65.0 Å². The Balaban J connectivity index is 1.74. The quantitative estimate of drug-likeness (QED) is 0.637. The first-order valence-corrected chi connectivity index (χ1v) is 10.3. The van der Waals surface area contributed by atoms with E-state index < -0.39 is 0 Å². The lowest BCUT2D eigenvalue weighted by atomic mass is 9.92. The van der Waals surface area contributed by atoms with Crippen LogP contribution in [0.5, 0.6) is 0 Å². The van der Waals surface area contributed by atoms with Crippen LogP contribution < -0.4 is 5.32 Å². The van der Waals surface area contributed by atoms with Gasteiger partial charge < -0.3 is 5.32 Å². The maximum absolute atomic E-state index is 13.2. The second-order valence-electron chi connectivity index (χ2n) is 8.43. The molecule has 0 saturated heterocycles. The molecule has 2 aromatic rings.